The van der Waals surface area contributed by atoms with Gasteiger partial charge in [-0.3, -0.25) is 9.59 Å². The second-order valence-electron chi connectivity index (χ2n) is 6.90. The Morgan fingerprint density at radius 3 is 2.50 bits per heavy atom. The molecule has 6 heteroatoms. The highest BCUT2D eigenvalue weighted by atomic mass is 16.5. The van der Waals surface area contributed by atoms with Gasteiger partial charge >= 0.3 is 0 Å². The number of benzene rings is 1. The van der Waals surface area contributed by atoms with Gasteiger partial charge in [-0.1, -0.05) is 12.1 Å². The van der Waals surface area contributed by atoms with Crippen molar-refractivity contribution in [1.29, 1.82) is 0 Å². The molecular formula is C20H28N2O4. The predicted octanol–water partition coefficient (Wildman–Crippen LogP) is 2.69. The van der Waals surface area contributed by atoms with Gasteiger partial charge in [-0.15, -0.1) is 0 Å². The van der Waals surface area contributed by atoms with Crippen LogP contribution in [0.5, 0.6) is 5.75 Å². The fraction of sp³-hybridized carbons (Fsp3) is 0.600. The fourth-order valence-electron chi connectivity index (χ4n) is 3.65. The lowest BCUT2D eigenvalue weighted by atomic mass is 9.93. The molecule has 0 aliphatic carbocycles. The predicted molar refractivity (Wildman–Crippen MR) is 99.1 cm³/mol. The molecule has 2 amide bonds. The van der Waals surface area contributed by atoms with Crippen molar-refractivity contribution in [2.75, 3.05) is 38.2 Å². The number of anilines is 1. The molecule has 26 heavy (non-hydrogen) atoms. The minimum Gasteiger partial charge on any atom is -0.492 e. The van der Waals surface area contributed by atoms with Crippen LogP contribution in [0, 0.1) is 11.8 Å². The number of amides is 2. The third-order valence-electron chi connectivity index (χ3n) is 5.19. The standard InChI is InChI=1S/C20H28N2O4/c1-2-26-18-6-4-3-5-17(18)21-19(23)15-7-11-22(12-8-15)20(24)16-9-13-25-14-10-16/h3-6,15-16H,2,7-14H2,1H3,(H,21,23). The molecule has 2 aliphatic rings. The third-order valence-corrected chi connectivity index (χ3v) is 5.19. The summed E-state index contributed by atoms with van der Waals surface area (Å²) in [6.45, 7) is 5.13. The van der Waals surface area contributed by atoms with Gasteiger partial charge in [0.25, 0.3) is 0 Å². The molecule has 142 valence electrons. The molecule has 1 aromatic carbocycles. The normalized spacial score (nSPS) is 19.2. The number of hydrogen-bond donors (Lipinski definition) is 1. The first-order chi connectivity index (χ1) is 12.7. The molecule has 0 bridgehead atoms. The zero-order valence-electron chi connectivity index (χ0n) is 15.4. The number of carbonyl (C=O) groups is 2. The lowest BCUT2D eigenvalue weighted by molar-refractivity contribution is -0.141. The quantitative estimate of drug-likeness (QED) is 0.877. The highest BCUT2D eigenvalue weighted by Crippen LogP contribution is 2.27. The van der Waals surface area contributed by atoms with Crippen LogP contribution < -0.4 is 10.1 Å². The maximum Gasteiger partial charge on any atom is 0.227 e. The average molecular weight is 360 g/mol. The Bertz CT molecular complexity index is 620. The molecule has 3 rings (SSSR count). The van der Waals surface area contributed by atoms with Gasteiger partial charge in [0.15, 0.2) is 0 Å². The largest absolute Gasteiger partial charge is 0.492 e. The molecule has 0 unspecified atom stereocenters. The number of nitrogens with zero attached hydrogens (tertiary/aromatic N) is 1. The number of para-hydroxylation sites is 2. The number of likely N-dealkylation sites (tertiary alicyclic amines) is 1. The third kappa shape index (κ3) is 4.55. The molecule has 0 saturated carbocycles. The van der Waals surface area contributed by atoms with Gasteiger partial charge in [0.1, 0.15) is 5.75 Å². The van der Waals surface area contributed by atoms with Crippen LogP contribution >= 0.6 is 0 Å². The number of piperidine rings is 1. The maximum atomic E-state index is 12.6. The van der Waals surface area contributed by atoms with Gasteiger partial charge in [0.2, 0.25) is 11.8 Å². The second-order valence-corrected chi connectivity index (χ2v) is 6.90. The number of hydrogen-bond acceptors (Lipinski definition) is 4. The molecule has 0 aromatic heterocycles. The van der Waals surface area contributed by atoms with E-state index in [9.17, 15) is 9.59 Å². The van der Waals surface area contributed by atoms with E-state index >= 15 is 0 Å². The molecule has 0 spiro atoms. The average Bonchev–Trinajstić information content (AvgIpc) is 2.70. The van der Waals surface area contributed by atoms with E-state index in [0.717, 1.165) is 12.8 Å². The molecule has 2 heterocycles. The van der Waals surface area contributed by atoms with Crippen LogP contribution in [0.3, 0.4) is 0 Å². The molecule has 2 fully saturated rings. The number of nitrogens with one attached hydrogen (secondary N) is 1. The van der Waals surface area contributed by atoms with Crippen LogP contribution in [-0.4, -0.2) is 49.6 Å². The maximum absolute atomic E-state index is 12.6. The fourth-order valence-corrected chi connectivity index (χ4v) is 3.65. The monoisotopic (exact) mass is 360 g/mol. The van der Waals surface area contributed by atoms with Gasteiger partial charge in [0.05, 0.1) is 12.3 Å². The summed E-state index contributed by atoms with van der Waals surface area (Å²) >= 11 is 0. The molecule has 0 radical (unpaired) electrons. The summed E-state index contributed by atoms with van der Waals surface area (Å²) in [6, 6.07) is 7.48. The first kappa shape index (κ1) is 18.7. The van der Waals surface area contributed by atoms with Crippen molar-refractivity contribution < 1.29 is 19.1 Å². The number of rotatable bonds is 5. The van der Waals surface area contributed by atoms with Crippen LogP contribution in [0.2, 0.25) is 0 Å². The summed E-state index contributed by atoms with van der Waals surface area (Å²) in [5.74, 6) is 0.954. The van der Waals surface area contributed by atoms with E-state index in [1.807, 2.05) is 36.1 Å². The Kier molecular flexibility index (Phi) is 6.50. The summed E-state index contributed by atoms with van der Waals surface area (Å²) < 4.78 is 10.9. The SMILES string of the molecule is CCOc1ccccc1NC(=O)C1CCN(C(=O)C2CCOCC2)CC1. The first-order valence-electron chi connectivity index (χ1n) is 9.58. The van der Waals surface area contributed by atoms with Gasteiger partial charge in [-0.25, -0.2) is 0 Å². The molecule has 0 atom stereocenters. The van der Waals surface area contributed by atoms with E-state index < -0.39 is 0 Å². The van der Waals surface area contributed by atoms with Crippen molar-refractivity contribution in [3.63, 3.8) is 0 Å². The topological polar surface area (TPSA) is 67.9 Å². The van der Waals surface area contributed by atoms with Gasteiger partial charge < -0.3 is 19.7 Å². The van der Waals surface area contributed by atoms with E-state index in [4.69, 9.17) is 9.47 Å². The molecule has 2 saturated heterocycles. The van der Waals surface area contributed by atoms with Crippen LogP contribution in [-0.2, 0) is 14.3 Å². The van der Waals surface area contributed by atoms with Gasteiger partial charge in [0, 0.05) is 38.1 Å². The molecule has 1 aromatic rings. The van der Waals surface area contributed by atoms with Crippen molar-refractivity contribution >= 4 is 17.5 Å². The van der Waals surface area contributed by atoms with Crippen molar-refractivity contribution in [1.82, 2.24) is 4.90 Å². The number of ether oxygens (including phenoxy) is 2. The minimum absolute atomic E-state index is 0.00955. The number of carbonyl (C=O) groups excluding carboxylic acids is 2. The Labute approximate surface area is 154 Å². The van der Waals surface area contributed by atoms with E-state index in [2.05, 4.69) is 5.32 Å². The van der Waals surface area contributed by atoms with Crippen molar-refractivity contribution in [3.05, 3.63) is 24.3 Å². The van der Waals surface area contributed by atoms with Gasteiger partial charge in [-0.05, 0) is 44.7 Å². The van der Waals surface area contributed by atoms with Crippen LogP contribution in [0.1, 0.15) is 32.6 Å². The summed E-state index contributed by atoms with van der Waals surface area (Å²) in [6.07, 6.45) is 3.04. The van der Waals surface area contributed by atoms with E-state index in [1.54, 1.807) is 0 Å². The summed E-state index contributed by atoms with van der Waals surface area (Å²) in [7, 11) is 0. The Morgan fingerprint density at radius 2 is 1.81 bits per heavy atom. The zero-order valence-corrected chi connectivity index (χ0v) is 15.4. The van der Waals surface area contributed by atoms with Crippen LogP contribution in [0.15, 0.2) is 24.3 Å². The lowest BCUT2D eigenvalue weighted by Gasteiger charge is -2.34. The minimum atomic E-state index is -0.0663. The van der Waals surface area contributed by atoms with Crippen molar-refractivity contribution in [2.45, 2.75) is 32.6 Å². The summed E-state index contributed by atoms with van der Waals surface area (Å²) in [5, 5.41) is 2.99. The van der Waals surface area contributed by atoms with E-state index in [-0.39, 0.29) is 23.7 Å². The van der Waals surface area contributed by atoms with Crippen molar-refractivity contribution in [2.24, 2.45) is 11.8 Å². The Balaban J connectivity index is 1.51. The second kappa shape index (κ2) is 9.03. The highest BCUT2D eigenvalue weighted by molar-refractivity contribution is 5.94. The first-order valence-corrected chi connectivity index (χ1v) is 9.58. The molecule has 1 N–H and O–H groups in total. The smallest absolute Gasteiger partial charge is 0.227 e. The molecular weight excluding hydrogens is 332 g/mol. The Hall–Kier alpha value is -2.08. The van der Waals surface area contributed by atoms with E-state index in [0.29, 0.717) is 57.2 Å². The van der Waals surface area contributed by atoms with E-state index in [1.165, 1.54) is 0 Å². The van der Waals surface area contributed by atoms with Gasteiger partial charge in [-0.2, -0.15) is 0 Å². The Morgan fingerprint density at radius 1 is 1.12 bits per heavy atom. The highest BCUT2D eigenvalue weighted by Gasteiger charge is 2.31. The van der Waals surface area contributed by atoms with Crippen LogP contribution in [0.25, 0.3) is 0 Å². The summed E-state index contributed by atoms with van der Waals surface area (Å²) in [4.78, 5) is 27.1. The zero-order chi connectivity index (χ0) is 18.4. The summed E-state index contributed by atoms with van der Waals surface area (Å²) in [5.41, 5.74) is 0.708. The molecule has 6 nitrogen and oxygen atoms in total. The van der Waals surface area contributed by atoms with Crippen LogP contribution in [0.4, 0.5) is 5.69 Å². The molecule has 2 aliphatic heterocycles. The lowest BCUT2D eigenvalue weighted by Crippen LogP contribution is -2.45. The van der Waals surface area contributed by atoms with Crippen molar-refractivity contribution in [3.8, 4) is 5.75 Å².